The molecule has 2 unspecified atom stereocenters. The van der Waals surface area contributed by atoms with Gasteiger partial charge in [0, 0.05) is 18.1 Å². The van der Waals surface area contributed by atoms with Gasteiger partial charge in [0.05, 0.1) is 0 Å². The lowest BCUT2D eigenvalue weighted by Crippen LogP contribution is -2.30. The lowest BCUT2D eigenvalue weighted by Gasteiger charge is -2.19. The molecule has 0 spiro atoms. The summed E-state index contributed by atoms with van der Waals surface area (Å²) in [4.78, 5) is 0. The van der Waals surface area contributed by atoms with Crippen molar-refractivity contribution in [2.45, 2.75) is 44.3 Å². The van der Waals surface area contributed by atoms with Crippen molar-refractivity contribution in [3.8, 4) is 0 Å². The summed E-state index contributed by atoms with van der Waals surface area (Å²) in [5.41, 5.74) is 6.86. The fourth-order valence-electron chi connectivity index (χ4n) is 2.39. The van der Waals surface area contributed by atoms with E-state index in [-0.39, 0.29) is 11.9 Å². The summed E-state index contributed by atoms with van der Waals surface area (Å²) < 4.78 is 13.1. The molecule has 0 radical (unpaired) electrons. The zero-order valence-corrected chi connectivity index (χ0v) is 9.62. The Morgan fingerprint density at radius 1 is 1.44 bits per heavy atom. The van der Waals surface area contributed by atoms with Gasteiger partial charge in [0.1, 0.15) is 5.82 Å². The molecule has 2 nitrogen and oxygen atoms in total. The number of nitrogens with two attached hydrogens (primary N) is 1. The molecule has 0 aromatic heterocycles. The predicted octanol–water partition coefficient (Wildman–Crippen LogP) is 2.36. The monoisotopic (exact) mass is 222 g/mol. The SMILES string of the molecule is C[C@H](NC1CCC(N)C1)c1cccc(F)c1. The number of hydrogen-bond acceptors (Lipinski definition) is 2. The van der Waals surface area contributed by atoms with E-state index >= 15 is 0 Å². The second-order valence-corrected chi connectivity index (χ2v) is 4.71. The van der Waals surface area contributed by atoms with E-state index in [2.05, 4.69) is 12.2 Å². The minimum absolute atomic E-state index is 0.172. The topological polar surface area (TPSA) is 38.0 Å². The fraction of sp³-hybridized carbons (Fsp3) is 0.538. The van der Waals surface area contributed by atoms with Crippen molar-refractivity contribution in [2.75, 3.05) is 0 Å². The Hall–Kier alpha value is -0.930. The van der Waals surface area contributed by atoms with Crippen LogP contribution in [0.25, 0.3) is 0 Å². The summed E-state index contributed by atoms with van der Waals surface area (Å²) in [6.07, 6.45) is 3.24. The molecule has 3 N–H and O–H groups in total. The van der Waals surface area contributed by atoms with Crippen molar-refractivity contribution in [3.05, 3.63) is 35.6 Å². The Labute approximate surface area is 96.0 Å². The highest BCUT2D eigenvalue weighted by atomic mass is 19.1. The minimum Gasteiger partial charge on any atom is -0.328 e. The van der Waals surface area contributed by atoms with Crippen molar-refractivity contribution in [3.63, 3.8) is 0 Å². The van der Waals surface area contributed by atoms with Crippen LogP contribution in [-0.2, 0) is 0 Å². The van der Waals surface area contributed by atoms with Gasteiger partial charge in [-0.05, 0) is 43.9 Å². The molecule has 0 bridgehead atoms. The molecule has 0 heterocycles. The van der Waals surface area contributed by atoms with Gasteiger partial charge in [-0.3, -0.25) is 0 Å². The molecule has 16 heavy (non-hydrogen) atoms. The first kappa shape index (κ1) is 11.6. The van der Waals surface area contributed by atoms with Crippen LogP contribution < -0.4 is 11.1 Å². The first-order valence-electron chi connectivity index (χ1n) is 5.92. The van der Waals surface area contributed by atoms with Crippen molar-refractivity contribution < 1.29 is 4.39 Å². The second-order valence-electron chi connectivity index (χ2n) is 4.71. The van der Waals surface area contributed by atoms with Crippen LogP contribution in [0.5, 0.6) is 0 Å². The maximum atomic E-state index is 13.1. The highest BCUT2D eigenvalue weighted by Gasteiger charge is 2.23. The lowest BCUT2D eigenvalue weighted by molar-refractivity contribution is 0.455. The van der Waals surface area contributed by atoms with E-state index in [1.807, 2.05) is 6.07 Å². The number of nitrogens with one attached hydrogen (secondary N) is 1. The molecule has 1 aromatic rings. The molecular weight excluding hydrogens is 203 g/mol. The lowest BCUT2D eigenvalue weighted by atomic mass is 10.1. The molecule has 0 saturated heterocycles. The van der Waals surface area contributed by atoms with E-state index in [1.54, 1.807) is 12.1 Å². The Kier molecular flexibility index (Phi) is 3.56. The van der Waals surface area contributed by atoms with Gasteiger partial charge in [0.15, 0.2) is 0 Å². The number of halogens is 1. The Morgan fingerprint density at radius 2 is 2.25 bits per heavy atom. The molecule has 3 heteroatoms. The molecule has 0 amide bonds. The molecule has 2 rings (SSSR count). The van der Waals surface area contributed by atoms with E-state index in [0.717, 1.165) is 24.8 Å². The fourth-order valence-corrected chi connectivity index (χ4v) is 2.39. The van der Waals surface area contributed by atoms with Crippen LogP contribution in [0.4, 0.5) is 4.39 Å². The Balaban J connectivity index is 1.95. The summed E-state index contributed by atoms with van der Waals surface area (Å²) in [5, 5.41) is 3.51. The Morgan fingerprint density at radius 3 is 2.88 bits per heavy atom. The van der Waals surface area contributed by atoms with Gasteiger partial charge in [-0.25, -0.2) is 4.39 Å². The molecule has 1 aliphatic rings. The van der Waals surface area contributed by atoms with Gasteiger partial charge in [0.25, 0.3) is 0 Å². The molecule has 3 atom stereocenters. The molecular formula is C13H19FN2. The van der Waals surface area contributed by atoms with Crippen molar-refractivity contribution in [2.24, 2.45) is 5.73 Å². The van der Waals surface area contributed by atoms with E-state index in [4.69, 9.17) is 5.73 Å². The molecule has 88 valence electrons. The average Bonchev–Trinajstić information content (AvgIpc) is 2.64. The molecule has 1 aromatic carbocycles. The van der Waals surface area contributed by atoms with Crippen LogP contribution in [0, 0.1) is 5.82 Å². The maximum Gasteiger partial charge on any atom is 0.123 e. The van der Waals surface area contributed by atoms with Gasteiger partial charge in [-0.2, -0.15) is 0 Å². The van der Waals surface area contributed by atoms with E-state index in [1.165, 1.54) is 6.07 Å². The number of rotatable bonds is 3. The Bertz CT molecular complexity index is 354. The van der Waals surface area contributed by atoms with Crippen LogP contribution in [0.15, 0.2) is 24.3 Å². The minimum atomic E-state index is -0.172. The quantitative estimate of drug-likeness (QED) is 0.824. The summed E-state index contributed by atoms with van der Waals surface area (Å²) in [7, 11) is 0. The molecule has 0 aliphatic heterocycles. The van der Waals surface area contributed by atoms with E-state index < -0.39 is 0 Å². The number of benzene rings is 1. The van der Waals surface area contributed by atoms with Crippen LogP contribution >= 0.6 is 0 Å². The molecule has 1 aliphatic carbocycles. The summed E-state index contributed by atoms with van der Waals surface area (Å²) in [5.74, 6) is -0.172. The van der Waals surface area contributed by atoms with Crippen LogP contribution in [0.2, 0.25) is 0 Å². The third-order valence-electron chi connectivity index (χ3n) is 3.31. The number of hydrogen-bond donors (Lipinski definition) is 2. The molecule has 1 saturated carbocycles. The van der Waals surface area contributed by atoms with Gasteiger partial charge < -0.3 is 11.1 Å². The first-order chi connectivity index (χ1) is 7.65. The van der Waals surface area contributed by atoms with Crippen molar-refractivity contribution in [1.82, 2.24) is 5.32 Å². The smallest absolute Gasteiger partial charge is 0.123 e. The normalized spacial score (nSPS) is 26.9. The predicted molar refractivity (Wildman–Crippen MR) is 63.6 cm³/mol. The van der Waals surface area contributed by atoms with Crippen molar-refractivity contribution in [1.29, 1.82) is 0 Å². The summed E-state index contributed by atoms with van der Waals surface area (Å²) in [6, 6.07) is 7.77. The zero-order valence-electron chi connectivity index (χ0n) is 9.62. The van der Waals surface area contributed by atoms with Gasteiger partial charge >= 0.3 is 0 Å². The standard InChI is InChI=1S/C13H19FN2/c1-9(10-3-2-4-11(14)7-10)16-13-6-5-12(15)8-13/h2-4,7,9,12-13,16H,5-6,8,15H2,1H3/t9-,12?,13?/m0/s1. The maximum absolute atomic E-state index is 13.1. The molecule has 1 fully saturated rings. The van der Waals surface area contributed by atoms with Gasteiger partial charge in [-0.1, -0.05) is 12.1 Å². The second kappa shape index (κ2) is 4.93. The zero-order chi connectivity index (χ0) is 11.5. The van der Waals surface area contributed by atoms with Gasteiger partial charge in [-0.15, -0.1) is 0 Å². The summed E-state index contributed by atoms with van der Waals surface area (Å²) >= 11 is 0. The largest absolute Gasteiger partial charge is 0.328 e. The van der Waals surface area contributed by atoms with Crippen molar-refractivity contribution >= 4 is 0 Å². The van der Waals surface area contributed by atoms with E-state index in [9.17, 15) is 4.39 Å². The van der Waals surface area contributed by atoms with Crippen LogP contribution in [-0.4, -0.2) is 12.1 Å². The highest BCUT2D eigenvalue weighted by molar-refractivity contribution is 5.19. The van der Waals surface area contributed by atoms with Crippen LogP contribution in [0.1, 0.15) is 37.8 Å². The van der Waals surface area contributed by atoms with Gasteiger partial charge in [0.2, 0.25) is 0 Å². The third-order valence-corrected chi connectivity index (χ3v) is 3.31. The van der Waals surface area contributed by atoms with Crippen LogP contribution in [0.3, 0.4) is 0 Å². The van der Waals surface area contributed by atoms with E-state index in [0.29, 0.717) is 12.1 Å². The third kappa shape index (κ3) is 2.80. The first-order valence-corrected chi connectivity index (χ1v) is 5.92. The average molecular weight is 222 g/mol. The summed E-state index contributed by atoms with van der Waals surface area (Å²) in [6.45, 7) is 2.07. The highest BCUT2D eigenvalue weighted by Crippen LogP contribution is 2.21.